The fourth-order valence-corrected chi connectivity index (χ4v) is 3.33. The first-order chi connectivity index (χ1) is 11.6. The molecule has 1 aromatic heterocycles. The molecule has 2 heterocycles. The van der Waals surface area contributed by atoms with Crippen molar-refractivity contribution in [2.75, 3.05) is 12.4 Å². The van der Waals surface area contributed by atoms with Gasteiger partial charge in [0.05, 0.1) is 11.1 Å². The largest absolute Gasteiger partial charge is 0.416 e. The molecular weight excluding hydrogens is 329 g/mol. The van der Waals surface area contributed by atoms with Crippen LogP contribution in [-0.4, -0.2) is 24.1 Å². The molecule has 0 spiro atoms. The summed E-state index contributed by atoms with van der Waals surface area (Å²) in [5.41, 5.74) is 3.59. The van der Waals surface area contributed by atoms with Crippen molar-refractivity contribution < 1.29 is 17.9 Å². The van der Waals surface area contributed by atoms with E-state index in [4.69, 9.17) is 4.74 Å². The van der Waals surface area contributed by atoms with Crippen LogP contribution in [0, 0.1) is 13.8 Å². The zero-order chi connectivity index (χ0) is 18.5. The predicted octanol–water partition coefficient (Wildman–Crippen LogP) is 5.48. The van der Waals surface area contributed by atoms with Crippen LogP contribution in [0.4, 0.5) is 18.9 Å². The molecule has 0 fully saturated rings. The van der Waals surface area contributed by atoms with E-state index in [0.29, 0.717) is 11.1 Å². The van der Waals surface area contributed by atoms with E-state index in [-0.39, 0.29) is 5.56 Å². The van der Waals surface area contributed by atoms with E-state index < -0.39 is 18.0 Å². The summed E-state index contributed by atoms with van der Waals surface area (Å²) in [6.07, 6.45) is -2.21. The average molecular weight is 350 g/mol. The normalized spacial score (nSPS) is 17.1. The molecule has 25 heavy (non-hydrogen) atoms. The second-order valence-corrected chi connectivity index (χ2v) is 6.55. The van der Waals surface area contributed by atoms with Gasteiger partial charge in [0.2, 0.25) is 0 Å². The predicted molar refractivity (Wildman–Crippen MR) is 95.5 cm³/mol. The highest BCUT2D eigenvalue weighted by molar-refractivity contribution is 6.03. The fraction of sp³-hybridized carbons (Fsp3) is 0.368. The van der Waals surface area contributed by atoms with Gasteiger partial charge >= 0.3 is 6.18 Å². The van der Waals surface area contributed by atoms with Gasteiger partial charge in [-0.25, -0.2) is 0 Å². The van der Waals surface area contributed by atoms with Crippen LogP contribution in [0.25, 0.3) is 22.7 Å². The maximum Gasteiger partial charge on any atom is 0.416 e. The average Bonchev–Trinajstić information content (AvgIpc) is 2.77. The van der Waals surface area contributed by atoms with Crippen molar-refractivity contribution in [3.8, 4) is 0 Å². The van der Waals surface area contributed by atoms with Crippen molar-refractivity contribution in [1.29, 1.82) is 0 Å². The number of aromatic nitrogens is 1. The van der Waals surface area contributed by atoms with Gasteiger partial charge in [-0.3, -0.25) is 0 Å². The zero-order valence-electron chi connectivity index (χ0n) is 14.9. The Balaban J connectivity index is 2.40. The van der Waals surface area contributed by atoms with Crippen LogP contribution in [-0.2, 0) is 4.74 Å². The smallest absolute Gasteiger partial charge is 0.358 e. The quantitative estimate of drug-likeness (QED) is 0.776. The second-order valence-electron chi connectivity index (χ2n) is 6.55. The molecule has 0 saturated heterocycles. The Morgan fingerprint density at radius 2 is 1.92 bits per heavy atom. The number of hydrogen-bond acceptors (Lipinski definition) is 2. The third-order valence-corrected chi connectivity index (χ3v) is 4.55. The molecule has 0 amide bonds. The number of alkyl halides is 3. The van der Waals surface area contributed by atoms with Crippen LogP contribution >= 0.6 is 0 Å². The summed E-state index contributed by atoms with van der Waals surface area (Å²) in [4.78, 5) is 0. The summed E-state index contributed by atoms with van der Waals surface area (Å²) in [5, 5.41) is 3.64. The Morgan fingerprint density at radius 1 is 1.24 bits per heavy atom. The molecule has 1 atom stereocenters. The molecule has 0 radical (unpaired) electrons. The number of allylic oxidation sites excluding steroid dienone is 2. The summed E-state index contributed by atoms with van der Waals surface area (Å²) >= 11 is 0. The molecule has 1 aliphatic rings. The van der Waals surface area contributed by atoms with Crippen LogP contribution in [0.15, 0.2) is 23.8 Å². The summed E-state index contributed by atoms with van der Waals surface area (Å²) in [6, 6.07) is 3.54. The Bertz CT molecular complexity index is 900. The first-order valence-corrected chi connectivity index (χ1v) is 8.03. The fourth-order valence-electron chi connectivity index (χ4n) is 3.33. The lowest BCUT2D eigenvalue weighted by Crippen LogP contribution is -2.27. The van der Waals surface area contributed by atoms with Crippen molar-refractivity contribution in [2.24, 2.45) is 0 Å². The van der Waals surface area contributed by atoms with Crippen LogP contribution in [0.1, 0.15) is 30.7 Å². The minimum absolute atomic E-state index is 0.194. The molecule has 6 heteroatoms. The number of anilines is 1. The van der Waals surface area contributed by atoms with E-state index in [9.17, 15) is 13.2 Å². The topological polar surface area (TPSA) is 26.2 Å². The number of nitrogens with one attached hydrogen (secondary N) is 1. The van der Waals surface area contributed by atoms with Gasteiger partial charge in [-0.15, -0.1) is 0 Å². The van der Waals surface area contributed by atoms with Crippen LogP contribution in [0.3, 0.4) is 0 Å². The van der Waals surface area contributed by atoms with E-state index in [2.05, 4.69) is 5.32 Å². The summed E-state index contributed by atoms with van der Waals surface area (Å²) in [7, 11) is 1.38. The van der Waals surface area contributed by atoms with E-state index >= 15 is 0 Å². The van der Waals surface area contributed by atoms with Crippen molar-refractivity contribution >= 4 is 28.4 Å². The van der Waals surface area contributed by atoms with Gasteiger partial charge in [-0.2, -0.15) is 13.2 Å². The van der Waals surface area contributed by atoms with Crippen LogP contribution < -0.4 is 5.32 Å². The molecule has 3 rings (SSSR count). The van der Waals surface area contributed by atoms with Crippen molar-refractivity contribution in [3.63, 3.8) is 0 Å². The SMILES string of the molecule is COC1C=C(C(F)(F)F)c2c(ccc3c2c(C)c(C)n3C=C(C)C)N1. The zero-order valence-corrected chi connectivity index (χ0v) is 14.9. The molecule has 0 saturated carbocycles. The maximum absolute atomic E-state index is 13.7. The van der Waals surface area contributed by atoms with Gasteiger partial charge in [0.15, 0.2) is 0 Å². The van der Waals surface area contributed by atoms with E-state index in [1.165, 1.54) is 7.11 Å². The van der Waals surface area contributed by atoms with Gasteiger partial charge < -0.3 is 14.6 Å². The Kier molecular flexibility index (Phi) is 4.19. The highest BCUT2D eigenvalue weighted by Crippen LogP contribution is 2.46. The minimum Gasteiger partial charge on any atom is -0.358 e. The first-order valence-electron chi connectivity index (χ1n) is 8.03. The highest BCUT2D eigenvalue weighted by atomic mass is 19.4. The Morgan fingerprint density at radius 3 is 2.48 bits per heavy atom. The number of rotatable bonds is 2. The van der Waals surface area contributed by atoms with Gasteiger partial charge in [-0.05, 0) is 51.5 Å². The van der Waals surface area contributed by atoms with Crippen molar-refractivity contribution in [3.05, 3.63) is 40.6 Å². The number of benzene rings is 1. The number of methoxy groups -OCH3 is 1. The number of nitrogens with zero attached hydrogens (tertiary/aromatic N) is 1. The minimum atomic E-state index is -4.46. The third kappa shape index (κ3) is 2.84. The molecule has 0 aliphatic carbocycles. The Hall–Kier alpha value is -2.21. The molecular formula is C19H21F3N2O. The second kappa shape index (κ2) is 5.95. The van der Waals surface area contributed by atoms with Gasteiger partial charge in [0, 0.05) is 35.6 Å². The highest BCUT2D eigenvalue weighted by Gasteiger charge is 2.40. The van der Waals surface area contributed by atoms with Crippen molar-refractivity contribution in [2.45, 2.75) is 40.1 Å². The molecule has 134 valence electrons. The van der Waals surface area contributed by atoms with Crippen LogP contribution in [0.2, 0.25) is 0 Å². The van der Waals surface area contributed by atoms with E-state index in [1.807, 2.05) is 44.5 Å². The number of ether oxygens (including phenoxy) is 1. The molecule has 1 aliphatic heterocycles. The van der Waals surface area contributed by atoms with E-state index in [0.717, 1.165) is 28.4 Å². The van der Waals surface area contributed by atoms with Gasteiger partial charge in [0.25, 0.3) is 0 Å². The molecule has 1 aromatic carbocycles. The first kappa shape index (κ1) is 17.6. The number of halogens is 3. The lowest BCUT2D eigenvalue weighted by molar-refractivity contribution is -0.0696. The molecule has 1 N–H and O–H groups in total. The summed E-state index contributed by atoms with van der Waals surface area (Å²) in [6.45, 7) is 7.71. The molecule has 2 aromatic rings. The van der Waals surface area contributed by atoms with E-state index in [1.54, 1.807) is 6.07 Å². The third-order valence-electron chi connectivity index (χ3n) is 4.55. The standard InChI is InChI=1S/C19H21F3N2O/c1-10(2)9-24-12(4)11(3)17-15(24)7-6-14-18(17)13(19(20,21)22)8-16(23-14)25-5/h6-9,16,23H,1-5H3. The Labute approximate surface area is 144 Å². The number of aryl methyl sites for hydroxylation is 1. The molecule has 1 unspecified atom stereocenters. The summed E-state index contributed by atoms with van der Waals surface area (Å²) in [5.74, 6) is 0. The summed E-state index contributed by atoms with van der Waals surface area (Å²) < 4.78 is 48.3. The van der Waals surface area contributed by atoms with Crippen molar-refractivity contribution in [1.82, 2.24) is 4.57 Å². The number of fused-ring (bicyclic) bond motifs is 3. The van der Waals surface area contributed by atoms with Gasteiger partial charge in [0.1, 0.15) is 6.23 Å². The monoisotopic (exact) mass is 350 g/mol. The van der Waals surface area contributed by atoms with Crippen LogP contribution in [0.5, 0.6) is 0 Å². The number of hydrogen-bond donors (Lipinski definition) is 1. The molecule has 3 nitrogen and oxygen atoms in total. The molecule has 0 bridgehead atoms. The van der Waals surface area contributed by atoms with Gasteiger partial charge in [-0.1, -0.05) is 5.57 Å². The lowest BCUT2D eigenvalue weighted by Gasteiger charge is -2.27. The lowest BCUT2D eigenvalue weighted by atomic mass is 9.93. The maximum atomic E-state index is 13.7.